The van der Waals surface area contributed by atoms with E-state index < -0.39 is 0 Å². The predicted octanol–water partition coefficient (Wildman–Crippen LogP) is 4.26. The van der Waals surface area contributed by atoms with Crippen molar-refractivity contribution in [3.05, 3.63) is 59.1 Å². The number of benzene rings is 2. The van der Waals surface area contributed by atoms with Gasteiger partial charge in [-0.05, 0) is 56.5 Å². The number of aryl methyl sites for hydroxylation is 1. The van der Waals surface area contributed by atoms with Crippen molar-refractivity contribution in [1.29, 1.82) is 0 Å². The van der Waals surface area contributed by atoms with Gasteiger partial charge in [-0.15, -0.1) is 0 Å². The number of amides is 1. The van der Waals surface area contributed by atoms with Gasteiger partial charge in [0.15, 0.2) is 6.61 Å². The summed E-state index contributed by atoms with van der Waals surface area (Å²) >= 11 is 5.98. The Morgan fingerprint density at radius 2 is 1.84 bits per heavy atom. The van der Waals surface area contributed by atoms with Crippen LogP contribution in [-0.2, 0) is 11.2 Å². The lowest BCUT2D eigenvalue weighted by molar-refractivity contribution is -0.123. The molecule has 4 nitrogen and oxygen atoms in total. The number of rotatable bonds is 9. The smallest absolute Gasteiger partial charge is 0.257 e. The molecule has 134 valence electrons. The molecule has 0 fully saturated rings. The van der Waals surface area contributed by atoms with Crippen LogP contribution in [0.1, 0.15) is 25.8 Å². The Morgan fingerprint density at radius 1 is 1.12 bits per heavy atom. The Kier molecular flexibility index (Phi) is 7.61. The molecule has 0 aliphatic carbocycles. The molecule has 0 aliphatic rings. The van der Waals surface area contributed by atoms with E-state index in [4.69, 9.17) is 21.1 Å². The van der Waals surface area contributed by atoms with Crippen LogP contribution in [0.5, 0.6) is 11.5 Å². The van der Waals surface area contributed by atoms with Gasteiger partial charge in [0, 0.05) is 6.54 Å². The molecule has 1 amide bonds. The topological polar surface area (TPSA) is 47.6 Å². The largest absolute Gasteiger partial charge is 0.491 e. The van der Waals surface area contributed by atoms with Crippen LogP contribution in [0.2, 0.25) is 5.02 Å². The molecule has 0 aromatic heterocycles. The molecule has 0 saturated heterocycles. The standard InChI is InChI=1S/C20H24ClNO3/c1-15(2)25-17-11-9-16(10-12-17)6-5-13-22-20(23)14-24-19-8-4-3-7-18(19)21/h3-4,7-12,15H,5-6,13-14H2,1-2H3,(H,22,23). The second-order valence-electron chi connectivity index (χ2n) is 5.98. The van der Waals surface area contributed by atoms with Crippen molar-refractivity contribution in [2.24, 2.45) is 0 Å². The fourth-order valence-corrected chi connectivity index (χ4v) is 2.47. The molecule has 2 aromatic rings. The van der Waals surface area contributed by atoms with E-state index in [0.29, 0.717) is 17.3 Å². The first-order valence-electron chi connectivity index (χ1n) is 8.44. The zero-order chi connectivity index (χ0) is 18.1. The van der Waals surface area contributed by atoms with Crippen molar-refractivity contribution < 1.29 is 14.3 Å². The zero-order valence-electron chi connectivity index (χ0n) is 14.6. The van der Waals surface area contributed by atoms with Gasteiger partial charge in [0.2, 0.25) is 0 Å². The molecule has 0 saturated carbocycles. The summed E-state index contributed by atoms with van der Waals surface area (Å²) in [6.07, 6.45) is 1.93. The Labute approximate surface area is 154 Å². The predicted molar refractivity (Wildman–Crippen MR) is 100 cm³/mol. The molecule has 5 heteroatoms. The normalized spacial score (nSPS) is 10.6. The molecule has 0 spiro atoms. The van der Waals surface area contributed by atoms with Crippen LogP contribution >= 0.6 is 11.6 Å². The lowest BCUT2D eigenvalue weighted by Crippen LogP contribution is -2.29. The Balaban J connectivity index is 1.63. The lowest BCUT2D eigenvalue weighted by atomic mass is 10.1. The highest BCUT2D eigenvalue weighted by molar-refractivity contribution is 6.32. The van der Waals surface area contributed by atoms with Gasteiger partial charge >= 0.3 is 0 Å². The van der Waals surface area contributed by atoms with Crippen molar-refractivity contribution in [3.63, 3.8) is 0 Å². The van der Waals surface area contributed by atoms with Crippen LogP contribution in [-0.4, -0.2) is 25.2 Å². The van der Waals surface area contributed by atoms with Gasteiger partial charge in [-0.1, -0.05) is 35.9 Å². The van der Waals surface area contributed by atoms with Crippen molar-refractivity contribution in [2.75, 3.05) is 13.2 Å². The zero-order valence-corrected chi connectivity index (χ0v) is 15.4. The van der Waals surface area contributed by atoms with Crippen LogP contribution in [0.25, 0.3) is 0 Å². The molecule has 0 aliphatic heterocycles. The molecule has 25 heavy (non-hydrogen) atoms. The van der Waals surface area contributed by atoms with Gasteiger partial charge < -0.3 is 14.8 Å². The molecule has 2 aromatic carbocycles. The monoisotopic (exact) mass is 361 g/mol. The summed E-state index contributed by atoms with van der Waals surface area (Å²) in [5.41, 5.74) is 1.22. The van der Waals surface area contributed by atoms with Gasteiger partial charge in [-0.2, -0.15) is 0 Å². The van der Waals surface area contributed by atoms with Crippen LogP contribution in [0.3, 0.4) is 0 Å². The van der Waals surface area contributed by atoms with Crippen molar-refractivity contribution in [1.82, 2.24) is 5.32 Å². The maximum absolute atomic E-state index is 11.8. The molecule has 0 unspecified atom stereocenters. The summed E-state index contributed by atoms with van der Waals surface area (Å²) in [4.78, 5) is 11.8. The first kappa shape index (κ1) is 19.1. The third kappa shape index (κ3) is 7.06. The van der Waals surface area contributed by atoms with Gasteiger partial charge in [-0.25, -0.2) is 0 Å². The number of ether oxygens (including phenoxy) is 2. The number of halogens is 1. The first-order valence-corrected chi connectivity index (χ1v) is 8.82. The molecular formula is C20H24ClNO3. The maximum atomic E-state index is 11.8. The van der Waals surface area contributed by atoms with Gasteiger partial charge in [0.05, 0.1) is 11.1 Å². The van der Waals surface area contributed by atoms with Crippen LogP contribution in [0, 0.1) is 0 Å². The van der Waals surface area contributed by atoms with E-state index in [-0.39, 0.29) is 18.6 Å². The number of hydrogen-bond acceptors (Lipinski definition) is 3. The van der Waals surface area contributed by atoms with Crippen molar-refractivity contribution in [3.8, 4) is 11.5 Å². The maximum Gasteiger partial charge on any atom is 0.257 e. The quantitative estimate of drug-likeness (QED) is 0.679. The number of nitrogens with one attached hydrogen (secondary N) is 1. The molecule has 0 atom stereocenters. The molecule has 0 heterocycles. The Morgan fingerprint density at radius 3 is 2.52 bits per heavy atom. The van der Waals surface area contributed by atoms with E-state index in [1.807, 2.05) is 38.1 Å². The van der Waals surface area contributed by atoms with Gasteiger partial charge in [0.25, 0.3) is 5.91 Å². The minimum Gasteiger partial charge on any atom is -0.491 e. The van der Waals surface area contributed by atoms with E-state index in [1.165, 1.54) is 5.56 Å². The summed E-state index contributed by atoms with van der Waals surface area (Å²) in [7, 11) is 0. The molecule has 0 bridgehead atoms. The van der Waals surface area contributed by atoms with E-state index in [9.17, 15) is 4.79 Å². The SMILES string of the molecule is CC(C)Oc1ccc(CCCNC(=O)COc2ccccc2Cl)cc1. The molecule has 2 rings (SSSR count). The molecule has 0 radical (unpaired) electrons. The number of carbonyl (C=O) groups excluding carboxylic acids is 1. The highest BCUT2D eigenvalue weighted by atomic mass is 35.5. The van der Waals surface area contributed by atoms with Crippen molar-refractivity contribution >= 4 is 17.5 Å². The average molecular weight is 362 g/mol. The third-order valence-corrected chi connectivity index (χ3v) is 3.77. The summed E-state index contributed by atoms with van der Waals surface area (Å²) in [5, 5.41) is 3.35. The fraction of sp³-hybridized carbons (Fsp3) is 0.350. The van der Waals surface area contributed by atoms with Gasteiger partial charge in [-0.3, -0.25) is 4.79 Å². The Bertz CT molecular complexity index is 671. The minimum atomic E-state index is -0.152. The average Bonchev–Trinajstić information content (AvgIpc) is 2.59. The Hall–Kier alpha value is -2.20. The summed E-state index contributed by atoms with van der Waals surface area (Å²) in [6.45, 7) is 4.58. The minimum absolute atomic E-state index is 0.0367. The summed E-state index contributed by atoms with van der Waals surface area (Å²) < 4.78 is 11.0. The highest BCUT2D eigenvalue weighted by Crippen LogP contribution is 2.22. The van der Waals surface area contributed by atoms with E-state index >= 15 is 0 Å². The number of para-hydroxylation sites is 1. The first-order chi connectivity index (χ1) is 12.0. The third-order valence-electron chi connectivity index (χ3n) is 3.45. The van der Waals surface area contributed by atoms with Crippen LogP contribution < -0.4 is 14.8 Å². The van der Waals surface area contributed by atoms with E-state index in [2.05, 4.69) is 17.4 Å². The van der Waals surface area contributed by atoms with Crippen molar-refractivity contribution in [2.45, 2.75) is 32.8 Å². The second-order valence-corrected chi connectivity index (χ2v) is 6.39. The van der Waals surface area contributed by atoms with E-state index in [1.54, 1.807) is 12.1 Å². The van der Waals surface area contributed by atoms with Gasteiger partial charge in [0.1, 0.15) is 11.5 Å². The lowest BCUT2D eigenvalue weighted by Gasteiger charge is -2.10. The fourth-order valence-electron chi connectivity index (χ4n) is 2.28. The summed E-state index contributed by atoms with van der Waals surface area (Å²) in [6, 6.07) is 15.2. The van der Waals surface area contributed by atoms with Crippen LogP contribution in [0.4, 0.5) is 0 Å². The number of hydrogen-bond donors (Lipinski definition) is 1. The number of carbonyl (C=O) groups is 1. The molecule has 1 N–H and O–H groups in total. The highest BCUT2D eigenvalue weighted by Gasteiger charge is 2.05. The van der Waals surface area contributed by atoms with E-state index in [0.717, 1.165) is 18.6 Å². The molecular weight excluding hydrogens is 338 g/mol. The van der Waals surface area contributed by atoms with Crippen LogP contribution in [0.15, 0.2) is 48.5 Å². The summed E-state index contributed by atoms with van der Waals surface area (Å²) in [5.74, 6) is 1.24. The second kappa shape index (κ2) is 9.94.